The van der Waals surface area contributed by atoms with Crippen LogP contribution in [-0.2, 0) is 12.8 Å². The van der Waals surface area contributed by atoms with Gasteiger partial charge in [0.2, 0.25) is 0 Å². The molecule has 1 saturated carbocycles. The number of hydrogen-bond donors (Lipinski definition) is 2. The fraction of sp³-hybridized carbons (Fsp3) is 0.690. The van der Waals surface area contributed by atoms with Gasteiger partial charge in [-0.15, -0.1) is 11.6 Å². The zero-order chi connectivity index (χ0) is 25.6. The first-order chi connectivity index (χ1) is 17.0. The summed E-state index contributed by atoms with van der Waals surface area (Å²) in [5.41, 5.74) is 13.2. The van der Waals surface area contributed by atoms with E-state index in [2.05, 4.69) is 55.4 Å². The SMILES string of the molecule is C/C=C\N.CCCN(CCC(C)CCc1noc2c(C(C)CC)c(CCC3CC3)ccc12)NCCl. The lowest BCUT2D eigenvalue weighted by Gasteiger charge is -2.23. The van der Waals surface area contributed by atoms with Crippen molar-refractivity contribution in [2.24, 2.45) is 17.6 Å². The average molecular weight is 505 g/mol. The van der Waals surface area contributed by atoms with Crippen LogP contribution in [0.1, 0.15) is 102 Å². The van der Waals surface area contributed by atoms with Crippen molar-refractivity contribution in [2.45, 2.75) is 98.3 Å². The Morgan fingerprint density at radius 3 is 2.54 bits per heavy atom. The Labute approximate surface area is 218 Å². The van der Waals surface area contributed by atoms with Crippen LogP contribution in [0, 0.1) is 11.8 Å². The first-order valence-corrected chi connectivity index (χ1v) is 14.3. The number of allylic oxidation sites excluding steroid dienone is 1. The van der Waals surface area contributed by atoms with E-state index in [0.717, 1.165) is 62.4 Å². The van der Waals surface area contributed by atoms with Crippen molar-refractivity contribution in [1.29, 1.82) is 0 Å². The topological polar surface area (TPSA) is 67.3 Å². The molecule has 35 heavy (non-hydrogen) atoms. The maximum absolute atomic E-state index is 5.98. The fourth-order valence-corrected chi connectivity index (χ4v) is 4.72. The monoisotopic (exact) mass is 504 g/mol. The summed E-state index contributed by atoms with van der Waals surface area (Å²) in [6, 6.07) is 5.10. The molecular formula is C29H49ClN4O. The summed E-state index contributed by atoms with van der Waals surface area (Å²) in [6.07, 6.45) is 14.1. The lowest BCUT2D eigenvalue weighted by molar-refractivity contribution is 0.187. The van der Waals surface area contributed by atoms with Crippen molar-refractivity contribution in [3.63, 3.8) is 0 Å². The maximum Gasteiger partial charge on any atom is 0.170 e. The van der Waals surface area contributed by atoms with Crippen LogP contribution in [0.25, 0.3) is 11.0 Å². The summed E-state index contributed by atoms with van der Waals surface area (Å²) >= 11 is 5.85. The Morgan fingerprint density at radius 2 is 1.94 bits per heavy atom. The summed E-state index contributed by atoms with van der Waals surface area (Å²) < 4.78 is 5.98. The largest absolute Gasteiger partial charge is 0.405 e. The molecule has 0 bridgehead atoms. The van der Waals surface area contributed by atoms with Crippen LogP contribution in [-0.4, -0.2) is 29.3 Å². The second-order valence-electron chi connectivity index (χ2n) is 10.2. The molecule has 1 fully saturated rings. The lowest BCUT2D eigenvalue weighted by atomic mass is 9.89. The lowest BCUT2D eigenvalue weighted by Crippen LogP contribution is -2.39. The maximum atomic E-state index is 5.98. The van der Waals surface area contributed by atoms with Crippen molar-refractivity contribution in [3.05, 3.63) is 41.2 Å². The molecular weight excluding hydrogens is 456 g/mol. The van der Waals surface area contributed by atoms with E-state index in [1.807, 2.05) is 6.92 Å². The highest BCUT2D eigenvalue weighted by atomic mass is 35.5. The second-order valence-corrected chi connectivity index (χ2v) is 10.4. The van der Waals surface area contributed by atoms with E-state index in [9.17, 15) is 0 Å². The van der Waals surface area contributed by atoms with Gasteiger partial charge in [0.1, 0.15) is 0 Å². The molecule has 3 rings (SSSR count). The molecule has 5 nitrogen and oxygen atoms in total. The molecule has 0 radical (unpaired) electrons. The van der Waals surface area contributed by atoms with Crippen LogP contribution < -0.4 is 11.2 Å². The summed E-state index contributed by atoms with van der Waals surface area (Å²) in [6.45, 7) is 13.1. The standard InChI is InChI=1S/C26H42ClN3O.C3H7N/c1-5-16-30(28-18-27)17-15-19(3)7-14-24-23-13-12-22(11-10-21-8-9-21)25(20(4)6-2)26(23)31-29-24;1-2-3-4/h12-13,19-21,28H,5-11,14-18H2,1-4H3;2-3H,4H2,1H3/b;3-2-. The van der Waals surface area contributed by atoms with Gasteiger partial charge >= 0.3 is 0 Å². The molecule has 1 aliphatic carbocycles. The minimum Gasteiger partial charge on any atom is -0.405 e. The van der Waals surface area contributed by atoms with Gasteiger partial charge < -0.3 is 10.3 Å². The molecule has 1 aromatic carbocycles. The Bertz CT molecular complexity index is 867. The van der Waals surface area contributed by atoms with Gasteiger partial charge in [0, 0.05) is 24.0 Å². The molecule has 0 amide bonds. The molecule has 3 N–H and O–H groups in total. The van der Waals surface area contributed by atoms with Gasteiger partial charge in [0.25, 0.3) is 0 Å². The number of hydrazine groups is 1. The predicted octanol–water partition coefficient (Wildman–Crippen LogP) is 7.53. The van der Waals surface area contributed by atoms with Crippen LogP contribution in [0.2, 0.25) is 0 Å². The van der Waals surface area contributed by atoms with Crippen LogP contribution in [0.5, 0.6) is 0 Å². The first-order valence-electron chi connectivity index (χ1n) is 13.8. The molecule has 2 aromatic rings. The van der Waals surface area contributed by atoms with E-state index in [1.54, 1.807) is 6.08 Å². The number of nitrogens with two attached hydrogens (primary N) is 1. The summed E-state index contributed by atoms with van der Waals surface area (Å²) in [4.78, 5) is 0. The van der Waals surface area contributed by atoms with E-state index in [0.29, 0.717) is 17.8 Å². The highest BCUT2D eigenvalue weighted by molar-refractivity contribution is 6.17. The third kappa shape index (κ3) is 9.78. The fourth-order valence-electron chi connectivity index (χ4n) is 4.55. The van der Waals surface area contributed by atoms with Crippen molar-refractivity contribution in [1.82, 2.24) is 15.6 Å². The molecule has 2 atom stereocenters. The van der Waals surface area contributed by atoms with E-state index in [1.165, 1.54) is 48.4 Å². The van der Waals surface area contributed by atoms with Crippen molar-refractivity contribution in [2.75, 3.05) is 19.1 Å². The van der Waals surface area contributed by atoms with E-state index < -0.39 is 0 Å². The van der Waals surface area contributed by atoms with Gasteiger partial charge in [-0.3, -0.25) is 0 Å². The Morgan fingerprint density at radius 1 is 1.20 bits per heavy atom. The first kappa shape index (κ1) is 29.7. The van der Waals surface area contributed by atoms with Gasteiger partial charge in [0.05, 0.1) is 11.7 Å². The summed E-state index contributed by atoms with van der Waals surface area (Å²) in [5.74, 6) is 2.10. The average Bonchev–Trinajstić information content (AvgIpc) is 3.62. The van der Waals surface area contributed by atoms with E-state index >= 15 is 0 Å². The number of aromatic nitrogens is 1. The van der Waals surface area contributed by atoms with Crippen LogP contribution in [0.4, 0.5) is 0 Å². The Hall–Kier alpha value is -1.56. The number of nitrogens with one attached hydrogen (secondary N) is 1. The summed E-state index contributed by atoms with van der Waals surface area (Å²) in [7, 11) is 0. The van der Waals surface area contributed by atoms with Crippen molar-refractivity contribution in [3.8, 4) is 0 Å². The minimum absolute atomic E-state index is 0.473. The molecule has 6 heteroatoms. The zero-order valence-electron chi connectivity index (χ0n) is 22.8. The van der Waals surface area contributed by atoms with Gasteiger partial charge in [-0.1, -0.05) is 57.8 Å². The number of halogens is 1. The van der Waals surface area contributed by atoms with E-state index in [4.69, 9.17) is 21.9 Å². The Kier molecular flexibility index (Phi) is 13.8. The number of rotatable bonds is 15. The third-order valence-corrected chi connectivity index (χ3v) is 7.32. The van der Waals surface area contributed by atoms with Gasteiger partial charge in [-0.2, -0.15) is 0 Å². The highest BCUT2D eigenvalue weighted by Gasteiger charge is 2.24. The molecule has 1 aliphatic rings. The van der Waals surface area contributed by atoms with E-state index in [-0.39, 0.29) is 0 Å². The Balaban J connectivity index is 0.00000100. The molecule has 0 saturated heterocycles. The van der Waals surface area contributed by atoms with Crippen molar-refractivity contribution >= 4 is 22.6 Å². The molecule has 1 aromatic heterocycles. The normalized spacial score (nSPS) is 15.5. The smallest absolute Gasteiger partial charge is 0.170 e. The number of benzene rings is 1. The van der Waals surface area contributed by atoms with Gasteiger partial charge in [-0.05, 0) is 87.5 Å². The number of aryl methyl sites for hydroxylation is 2. The number of hydrogen-bond acceptors (Lipinski definition) is 5. The summed E-state index contributed by atoms with van der Waals surface area (Å²) in [5, 5.41) is 8.01. The quantitative estimate of drug-likeness (QED) is 0.149. The van der Waals surface area contributed by atoms with Gasteiger partial charge in [0.15, 0.2) is 5.58 Å². The molecule has 0 aliphatic heterocycles. The third-order valence-electron chi connectivity index (χ3n) is 7.20. The zero-order valence-corrected chi connectivity index (χ0v) is 23.5. The second kappa shape index (κ2) is 16.2. The molecule has 2 unspecified atom stereocenters. The van der Waals surface area contributed by atoms with Crippen LogP contribution in [0.15, 0.2) is 28.9 Å². The number of nitrogens with zero attached hydrogens (tertiary/aromatic N) is 2. The molecule has 198 valence electrons. The minimum atomic E-state index is 0.473. The van der Waals surface area contributed by atoms with Crippen LogP contribution >= 0.6 is 11.6 Å². The molecule has 0 spiro atoms. The highest BCUT2D eigenvalue weighted by Crippen LogP contribution is 2.37. The van der Waals surface area contributed by atoms with Crippen molar-refractivity contribution < 1.29 is 4.52 Å². The number of fused-ring (bicyclic) bond motifs is 1. The van der Waals surface area contributed by atoms with Gasteiger partial charge in [-0.25, -0.2) is 10.4 Å². The predicted molar refractivity (Wildman–Crippen MR) is 151 cm³/mol. The van der Waals surface area contributed by atoms with Crippen LogP contribution in [0.3, 0.4) is 0 Å². The number of alkyl halides is 1. The molecule has 1 heterocycles.